The molecule has 0 spiro atoms. The predicted molar refractivity (Wildman–Crippen MR) is 72.5 cm³/mol. The highest BCUT2D eigenvalue weighted by Crippen LogP contribution is 2.34. The summed E-state index contributed by atoms with van der Waals surface area (Å²) in [5, 5.41) is 0. The maximum Gasteiger partial charge on any atom is 0.573 e. The van der Waals surface area contributed by atoms with Crippen molar-refractivity contribution in [1.82, 2.24) is 9.97 Å². The van der Waals surface area contributed by atoms with Crippen molar-refractivity contribution in [3.8, 4) is 17.4 Å². The summed E-state index contributed by atoms with van der Waals surface area (Å²) >= 11 is 8.60. The summed E-state index contributed by atoms with van der Waals surface area (Å²) < 4.78 is 45.8. The fourth-order valence-corrected chi connectivity index (χ4v) is 1.94. The summed E-state index contributed by atoms with van der Waals surface area (Å²) in [5.41, 5.74) is 0.519. The highest BCUT2D eigenvalue weighted by molar-refractivity contribution is 9.10. The van der Waals surface area contributed by atoms with E-state index < -0.39 is 6.36 Å². The van der Waals surface area contributed by atoms with Crippen molar-refractivity contribution < 1.29 is 22.6 Å². The first-order valence-electron chi connectivity index (χ1n) is 5.47. The summed E-state index contributed by atoms with van der Waals surface area (Å²) in [7, 11) is 0. The van der Waals surface area contributed by atoms with Crippen molar-refractivity contribution in [3.63, 3.8) is 0 Å². The second-order valence-electron chi connectivity index (χ2n) is 3.72. The van der Waals surface area contributed by atoms with Crippen molar-refractivity contribution in [1.29, 1.82) is 0 Å². The third kappa shape index (κ3) is 4.75. The average Bonchev–Trinajstić information content (AvgIpc) is 2.41. The summed E-state index contributed by atoms with van der Waals surface area (Å²) in [4.78, 5) is 7.94. The molecule has 1 aromatic heterocycles. The Balaban J connectivity index is 2.16. The minimum atomic E-state index is -4.76. The van der Waals surface area contributed by atoms with Crippen LogP contribution in [0.3, 0.4) is 0 Å². The van der Waals surface area contributed by atoms with Gasteiger partial charge in [-0.2, -0.15) is 0 Å². The van der Waals surface area contributed by atoms with Gasteiger partial charge in [0.2, 0.25) is 5.88 Å². The summed E-state index contributed by atoms with van der Waals surface area (Å²) in [6.45, 7) is 0. The van der Waals surface area contributed by atoms with E-state index in [1.807, 2.05) is 0 Å². The van der Waals surface area contributed by atoms with Gasteiger partial charge in [-0.15, -0.1) is 24.8 Å². The summed E-state index contributed by atoms with van der Waals surface area (Å²) in [5.74, 6) is 0.268. The van der Waals surface area contributed by atoms with Crippen LogP contribution in [0.1, 0.15) is 5.69 Å². The largest absolute Gasteiger partial charge is 0.573 e. The predicted octanol–water partition coefficient (Wildman–Crippen LogP) is 4.67. The van der Waals surface area contributed by atoms with Crippen molar-refractivity contribution in [2.45, 2.75) is 12.2 Å². The third-order valence-corrected chi connectivity index (χ3v) is 3.04. The van der Waals surface area contributed by atoms with Crippen molar-refractivity contribution in [2.75, 3.05) is 0 Å². The number of hydrogen-bond donors (Lipinski definition) is 0. The molecular weight excluding hydrogens is 376 g/mol. The molecule has 9 heteroatoms. The van der Waals surface area contributed by atoms with Gasteiger partial charge in [-0.25, -0.2) is 4.98 Å². The van der Waals surface area contributed by atoms with Gasteiger partial charge >= 0.3 is 6.36 Å². The third-order valence-electron chi connectivity index (χ3n) is 2.15. The first-order valence-corrected chi connectivity index (χ1v) is 6.80. The van der Waals surface area contributed by atoms with Crippen LogP contribution < -0.4 is 9.47 Å². The molecule has 0 fully saturated rings. The molecule has 0 radical (unpaired) electrons. The zero-order valence-corrected chi connectivity index (χ0v) is 12.5. The smallest absolute Gasteiger partial charge is 0.437 e. The van der Waals surface area contributed by atoms with Gasteiger partial charge in [0.1, 0.15) is 11.5 Å². The molecule has 4 nitrogen and oxygen atoms in total. The van der Waals surface area contributed by atoms with Gasteiger partial charge in [0.15, 0.2) is 0 Å². The number of halogens is 5. The van der Waals surface area contributed by atoms with Gasteiger partial charge in [0, 0.05) is 6.20 Å². The lowest BCUT2D eigenvalue weighted by Gasteiger charge is -2.11. The molecule has 0 bridgehead atoms. The topological polar surface area (TPSA) is 44.2 Å². The molecule has 21 heavy (non-hydrogen) atoms. The number of hydrogen-bond acceptors (Lipinski definition) is 4. The fraction of sp³-hybridized carbons (Fsp3) is 0.167. The van der Waals surface area contributed by atoms with Crippen LogP contribution in [0, 0.1) is 0 Å². The van der Waals surface area contributed by atoms with Crippen LogP contribution in [0.4, 0.5) is 13.2 Å². The van der Waals surface area contributed by atoms with E-state index in [0.717, 1.165) is 6.07 Å². The summed E-state index contributed by atoms with van der Waals surface area (Å²) in [6, 6.07) is 3.78. The molecule has 112 valence electrons. The average molecular weight is 384 g/mol. The second kappa shape index (κ2) is 6.48. The Morgan fingerprint density at radius 3 is 2.62 bits per heavy atom. The lowest BCUT2D eigenvalue weighted by atomic mass is 10.3. The SMILES string of the molecule is FC(F)(F)Oc1ccc(Oc2cncc(CCl)n2)cc1Br. The molecule has 1 aromatic carbocycles. The van der Waals surface area contributed by atoms with Crippen molar-refractivity contribution >= 4 is 27.5 Å². The molecule has 2 rings (SSSR count). The van der Waals surface area contributed by atoms with Gasteiger partial charge in [-0.1, -0.05) is 0 Å². The Labute approximate surface area is 131 Å². The molecule has 0 aliphatic carbocycles. The van der Waals surface area contributed by atoms with Crippen molar-refractivity contribution in [2.24, 2.45) is 0 Å². The Bertz CT molecular complexity index is 640. The standard InChI is InChI=1S/C12H7BrClF3N2O2/c13-9-3-8(1-2-10(9)21-12(15,16)17)20-11-6-18-5-7(4-14)19-11/h1-3,5-6H,4H2. The number of alkyl halides is 4. The van der Waals surface area contributed by atoms with E-state index in [1.54, 1.807) is 0 Å². The van der Waals surface area contributed by atoms with Crippen LogP contribution in [-0.2, 0) is 5.88 Å². The van der Waals surface area contributed by atoms with Gasteiger partial charge in [0.25, 0.3) is 0 Å². The van der Waals surface area contributed by atoms with E-state index in [0.29, 0.717) is 5.69 Å². The van der Waals surface area contributed by atoms with Crippen molar-refractivity contribution in [3.05, 3.63) is 40.8 Å². The number of nitrogens with zero attached hydrogens (tertiary/aromatic N) is 2. The van der Waals surface area contributed by atoms with Crippen LogP contribution in [0.5, 0.6) is 17.4 Å². The van der Waals surface area contributed by atoms with Crippen LogP contribution in [0.2, 0.25) is 0 Å². The van der Waals surface area contributed by atoms with Gasteiger partial charge in [0.05, 0.1) is 22.2 Å². The molecule has 0 unspecified atom stereocenters. The zero-order valence-electron chi connectivity index (χ0n) is 10.2. The van der Waals surface area contributed by atoms with E-state index >= 15 is 0 Å². The number of ether oxygens (including phenoxy) is 2. The molecular formula is C12H7BrClF3N2O2. The highest BCUT2D eigenvalue weighted by atomic mass is 79.9. The molecule has 0 atom stereocenters. The monoisotopic (exact) mass is 382 g/mol. The van der Waals surface area contributed by atoms with Gasteiger partial charge in [-0.05, 0) is 34.1 Å². The highest BCUT2D eigenvalue weighted by Gasteiger charge is 2.32. The van der Waals surface area contributed by atoms with E-state index in [4.69, 9.17) is 16.3 Å². The Hall–Kier alpha value is -1.54. The minimum Gasteiger partial charge on any atom is -0.437 e. The quantitative estimate of drug-likeness (QED) is 0.720. The Kier molecular flexibility index (Phi) is 4.89. The normalized spacial score (nSPS) is 11.3. The molecule has 2 aromatic rings. The number of aromatic nitrogens is 2. The molecule has 0 aliphatic rings. The van der Waals surface area contributed by atoms with E-state index in [2.05, 4.69) is 30.6 Å². The second-order valence-corrected chi connectivity index (χ2v) is 4.85. The maximum absolute atomic E-state index is 12.1. The van der Waals surface area contributed by atoms with Crippen LogP contribution >= 0.6 is 27.5 Å². The first kappa shape index (κ1) is 15.8. The first-order chi connectivity index (χ1) is 9.87. The van der Waals surface area contributed by atoms with E-state index in [9.17, 15) is 13.2 Å². The molecule has 1 heterocycles. The summed E-state index contributed by atoms with van der Waals surface area (Å²) in [6.07, 6.45) is -1.91. The molecule has 0 amide bonds. The number of benzene rings is 1. The molecule has 0 aliphatic heterocycles. The zero-order chi connectivity index (χ0) is 15.5. The lowest BCUT2D eigenvalue weighted by molar-refractivity contribution is -0.274. The van der Waals surface area contributed by atoms with Gasteiger partial charge in [-0.3, -0.25) is 4.98 Å². The van der Waals surface area contributed by atoms with Gasteiger partial charge < -0.3 is 9.47 Å². The lowest BCUT2D eigenvalue weighted by Crippen LogP contribution is -2.17. The molecule has 0 saturated carbocycles. The Morgan fingerprint density at radius 1 is 1.24 bits per heavy atom. The molecule has 0 saturated heterocycles. The molecule has 0 N–H and O–H groups in total. The van der Waals surface area contributed by atoms with Crippen LogP contribution in [0.25, 0.3) is 0 Å². The minimum absolute atomic E-state index is 0.0961. The Morgan fingerprint density at radius 2 is 2.00 bits per heavy atom. The van der Waals surface area contributed by atoms with E-state index in [-0.39, 0.29) is 27.7 Å². The maximum atomic E-state index is 12.1. The van der Waals surface area contributed by atoms with Crippen LogP contribution in [-0.4, -0.2) is 16.3 Å². The number of rotatable bonds is 4. The fourth-order valence-electron chi connectivity index (χ4n) is 1.37. The van der Waals surface area contributed by atoms with E-state index in [1.165, 1.54) is 24.5 Å². The van der Waals surface area contributed by atoms with Crippen LogP contribution in [0.15, 0.2) is 35.1 Å².